The molecule has 27 heavy (non-hydrogen) atoms. The van der Waals surface area contributed by atoms with Gasteiger partial charge in [0.2, 0.25) is 5.91 Å². The zero-order chi connectivity index (χ0) is 18.8. The van der Waals surface area contributed by atoms with Gasteiger partial charge in [-0.3, -0.25) is 4.79 Å². The number of fused-ring (bicyclic) bond motifs is 2. The molecule has 1 amide bonds. The van der Waals surface area contributed by atoms with Crippen molar-refractivity contribution in [3.63, 3.8) is 0 Å². The minimum Gasteiger partial charge on any atom is -0.395 e. The van der Waals surface area contributed by atoms with Gasteiger partial charge in [-0.2, -0.15) is 0 Å². The van der Waals surface area contributed by atoms with Crippen LogP contribution in [0.4, 0.5) is 11.4 Å². The first-order chi connectivity index (χ1) is 13.2. The van der Waals surface area contributed by atoms with E-state index in [-0.39, 0.29) is 31.6 Å². The lowest BCUT2D eigenvalue weighted by Gasteiger charge is -2.19. The van der Waals surface area contributed by atoms with E-state index in [0.29, 0.717) is 5.71 Å². The van der Waals surface area contributed by atoms with Crippen molar-refractivity contribution < 1.29 is 19.8 Å². The van der Waals surface area contributed by atoms with Gasteiger partial charge in [-0.25, -0.2) is 0 Å². The van der Waals surface area contributed by atoms with Crippen LogP contribution in [0.3, 0.4) is 0 Å². The molecule has 0 saturated carbocycles. The molecule has 7 heteroatoms. The number of benzene rings is 2. The molecule has 4 rings (SSSR count). The topological polar surface area (TPSA) is 103 Å². The highest BCUT2D eigenvalue weighted by Gasteiger charge is 2.43. The number of oxime groups is 1. The van der Waals surface area contributed by atoms with E-state index in [1.54, 1.807) is 0 Å². The van der Waals surface area contributed by atoms with Crippen LogP contribution in [0.2, 0.25) is 0 Å². The van der Waals surface area contributed by atoms with E-state index in [1.807, 2.05) is 48.5 Å². The van der Waals surface area contributed by atoms with E-state index < -0.39 is 12.0 Å². The fourth-order valence-electron chi connectivity index (χ4n) is 3.54. The van der Waals surface area contributed by atoms with Gasteiger partial charge >= 0.3 is 0 Å². The monoisotopic (exact) mass is 367 g/mol. The predicted molar refractivity (Wildman–Crippen MR) is 102 cm³/mol. The Labute approximate surface area is 156 Å². The molecule has 7 nitrogen and oxygen atoms in total. The van der Waals surface area contributed by atoms with Crippen molar-refractivity contribution in [2.75, 3.05) is 23.8 Å². The van der Waals surface area contributed by atoms with E-state index in [2.05, 4.69) is 15.8 Å². The Hall–Kier alpha value is -2.90. The van der Waals surface area contributed by atoms with Crippen LogP contribution >= 0.6 is 0 Å². The van der Waals surface area contributed by atoms with Gasteiger partial charge in [-0.05, 0) is 17.7 Å². The second-order valence-corrected chi connectivity index (χ2v) is 6.66. The molecule has 2 aliphatic rings. The maximum Gasteiger partial charge on any atom is 0.234 e. The summed E-state index contributed by atoms with van der Waals surface area (Å²) >= 11 is 0. The van der Waals surface area contributed by atoms with Crippen molar-refractivity contribution >= 4 is 23.0 Å². The van der Waals surface area contributed by atoms with Crippen molar-refractivity contribution in [3.05, 3.63) is 59.7 Å². The molecule has 0 fully saturated rings. The summed E-state index contributed by atoms with van der Waals surface area (Å²) in [6, 6.07) is 15.0. The predicted octanol–water partition coefficient (Wildman–Crippen LogP) is 1.68. The Morgan fingerprint density at radius 1 is 1.11 bits per heavy atom. The molecule has 3 atom stereocenters. The van der Waals surface area contributed by atoms with Gasteiger partial charge in [-0.1, -0.05) is 41.6 Å². The third-order valence-corrected chi connectivity index (χ3v) is 4.89. The maximum atomic E-state index is 12.7. The number of amides is 1. The molecule has 140 valence electrons. The lowest BCUT2D eigenvalue weighted by molar-refractivity contribution is -0.117. The number of hydrogen-bond acceptors (Lipinski definition) is 6. The number of rotatable bonds is 6. The highest BCUT2D eigenvalue weighted by atomic mass is 16.6. The number of aliphatic hydroxyl groups excluding tert-OH is 2. The number of para-hydroxylation sites is 2. The summed E-state index contributed by atoms with van der Waals surface area (Å²) in [6.07, 6.45) is -0.553. The quantitative estimate of drug-likeness (QED) is 0.459. The molecule has 0 aliphatic carbocycles. The average Bonchev–Trinajstić information content (AvgIpc) is 3.21. The first-order valence-corrected chi connectivity index (χ1v) is 8.93. The molecule has 2 aromatic carbocycles. The SMILES string of the molecule is O=C1Nc2ccccc2C1C1Nc2ccccc2/C1=N\OCC[C@@H](O)CO. The normalized spacial score (nSPS) is 22.7. The third-order valence-electron chi connectivity index (χ3n) is 4.89. The van der Waals surface area contributed by atoms with E-state index in [9.17, 15) is 9.90 Å². The minimum atomic E-state index is -0.831. The Kier molecular flexibility index (Phi) is 4.79. The van der Waals surface area contributed by atoms with E-state index in [0.717, 1.165) is 22.5 Å². The molecule has 2 unspecified atom stereocenters. The van der Waals surface area contributed by atoms with Crippen LogP contribution in [0.15, 0.2) is 53.7 Å². The molecule has 0 radical (unpaired) electrons. The Balaban J connectivity index is 1.63. The van der Waals surface area contributed by atoms with Gasteiger partial charge < -0.3 is 25.7 Å². The number of nitrogens with one attached hydrogen (secondary N) is 2. The van der Waals surface area contributed by atoms with Crippen molar-refractivity contribution in [1.82, 2.24) is 0 Å². The maximum absolute atomic E-state index is 12.7. The molecule has 2 heterocycles. The fraction of sp³-hybridized carbons (Fsp3) is 0.300. The Morgan fingerprint density at radius 2 is 1.85 bits per heavy atom. The number of nitrogens with zero attached hydrogens (tertiary/aromatic N) is 1. The van der Waals surface area contributed by atoms with Gasteiger partial charge in [0.25, 0.3) is 0 Å². The standard InChI is InChI=1S/C20H21N3O4/c24-11-12(25)9-10-27-23-18-14-6-2-4-8-16(14)21-19(18)17-13-5-1-3-7-15(13)22-20(17)26/h1-8,12,17,19,21,24-25H,9-11H2,(H,22,26)/b23-18+/t12-,17?,19?/m1/s1. The number of aliphatic hydroxyl groups is 2. The van der Waals surface area contributed by atoms with Gasteiger partial charge in [-0.15, -0.1) is 0 Å². The second-order valence-electron chi connectivity index (χ2n) is 6.66. The molecule has 2 aromatic rings. The number of carbonyl (C=O) groups excluding carboxylic acids is 1. The number of anilines is 2. The third kappa shape index (κ3) is 3.27. The smallest absolute Gasteiger partial charge is 0.234 e. The zero-order valence-corrected chi connectivity index (χ0v) is 14.6. The average molecular weight is 367 g/mol. The molecule has 4 N–H and O–H groups in total. The van der Waals surface area contributed by atoms with E-state index in [1.165, 1.54) is 0 Å². The summed E-state index contributed by atoms with van der Waals surface area (Å²) in [5.74, 6) is -0.496. The van der Waals surface area contributed by atoms with Crippen LogP contribution in [-0.2, 0) is 9.63 Å². The van der Waals surface area contributed by atoms with Crippen LogP contribution in [0.5, 0.6) is 0 Å². The van der Waals surface area contributed by atoms with Crippen molar-refractivity contribution in [1.29, 1.82) is 0 Å². The summed E-state index contributed by atoms with van der Waals surface area (Å²) in [4.78, 5) is 18.1. The van der Waals surface area contributed by atoms with Crippen molar-refractivity contribution in [2.45, 2.75) is 24.5 Å². The van der Waals surface area contributed by atoms with E-state index >= 15 is 0 Å². The molecule has 0 spiro atoms. The van der Waals surface area contributed by atoms with Crippen LogP contribution in [-0.4, -0.2) is 47.2 Å². The largest absolute Gasteiger partial charge is 0.395 e. The first-order valence-electron chi connectivity index (χ1n) is 8.93. The minimum absolute atomic E-state index is 0.0788. The van der Waals surface area contributed by atoms with E-state index in [4.69, 9.17) is 9.94 Å². The molecular weight excluding hydrogens is 346 g/mol. The Morgan fingerprint density at radius 3 is 2.67 bits per heavy atom. The second kappa shape index (κ2) is 7.38. The highest BCUT2D eigenvalue weighted by Crippen LogP contribution is 2.40. The summed E-state index contributed by atoms with van der Waals surface area (Å²) < 4.78 is 0. The fourth-order valence-corrected chi connectivity index (χ4v) is 3.54. The molecule has 0 aromatic heterocycles. The lowest BCUT2D eigenvalue weighted by Crippen LogP contribution is -2.35. The number of hydrogen-bond donors (Lipinski definition) is 4. The van der Waals surface area contributed by atoms with Crippen molar-refractivity contribution in [2.24, 2.45) is 5.16 Å². The Bertz CT molecular complexity index is 883. The van der Waals surface area contributed by atoms with Crippen LogP contribution < -0.4 is 10.6 Å². The van der Waals surface area contributed by atoms with Gasteiger partial charge in [0.15, 0.2) is 0 Å². The summed E-state index contributed by atoms with van der Waals surface area (Å²) in [7, 11) is 0. The molecule has 0 saturated heterocycles. The van der Waals surface area contributed by atoms with Crippen LogP contribution in [0, 0.1) is 0 Å². The molecular formula is C20H21N3O4. The number of carbonyl (C=O) groups is 1. The van der Waals surface area contributed by atoms with Gasteiger partial charge in [0, 0.05) is 23.4 Å². The van der Waals surface area contributed by atoms with Crippen LogP contribution in [0.1, 0.15) is 23.5 Å². The van der Waals surface area contributed by atoms with Crippen molar-refractivity contribution in [3.8, 4) is 0 Å². The first kappa shape index (κ1) is 17.5. The summed E-state index contributed by atoms with van der Waals surface area (Å²) in [6.45, 7) is -0.139. The van der Waals surface area contributed by atoms with Crippen LogP contribution in [0.25, 0.3) is 0 Å². The lowest BCUT2D eigenvalue weighted by atomic mass is 9.89. The molecule has 2 aliphatic heterocycles. The van der Waals surface area contributed by atoms with Gasteiger partial charge in [0.1, 0.15) is 12.3 Å². The highest BCUT2D eigenvalue weighted by molar-refractivity contribution is 6.18. The summed E-state index contributed by atoms with van der Waals surface area (Å²) in [5, 5.41) is 28.9. The van der Waals surface area contributed by atoms with Gasteiger partial charge in [0.05, 0.1) is 24.7 Å². The molecule has 0 bridgehead atoms. The summed E-state index contributed by atoms with van der Waals surface area (Å²) in [5.41, 5.74) is 4.19. The zero-order valence-electron chi connectivity index (χ0n) is 14.6.